The van der Waals surface area contributed by atoms with Crippen molar-refractivity contribution in [3.8, 4) is 0 Å². The van der Waals surface area contributed by atoms with Crippen molar-refractivity contribution in [2.45, 2.75) is 19.0 Å². The molecule has 2 bridgehead atoms. The molecular weight excluding hydrogens is 302 g/mol. The molecule has 1 aromatic heterocycles. The van der Waals surface area contributed by atoms with Crippen LogP contribution < -0.4 is 4.72 Å². The number of hydrogen-bond acceptors (Lipinski definition) is 5. The number of nitrogens with zero attached hydrogens (tertiary/aromatic N) is 2. The van der Waals surface area contributed by atoms with Crippen LogP contribution in [-0.4, -0.2) is 36.2 Å². The van der Waals surface area contributed by atoms with Crippen molar-refractivity contribution in [1.29, 1.82) is 0 Å². The molecule has 2 aliphatic carbocycles. The predicted octanol–water partition coefficient (Wildman–Crippen LogP) is 0.444. The maximum Gasteiger partial charge on any atom is 0.258 e. The molecule has 0 aromatic carbocycles. The first-order valence-corrected chi connectivity index (χ1v) is 8.88. The van der Waals surface area contributed by atoms with Gasteiger partial charge in [-0.15, -0.1) is 0 Å². The summed E-state index contributed by atoms with van der Waals surface area (Å²) in [4.78, 5) is 8.32. The number of fused-ring (bicyclic) bond motifs is 3. The number of pyridine rings is 1. The Labute approximate surface area is 129 Å². The molecule has 0 spiro atoms. The molecule has 6 nitrogen and oxygen atoms in total. The Morgan fingerprint density at radius 3 is 2.95 bits per heavy atom. The number of aliphatic imine (C=N–C) groups is 1. The topological polar surface area (TPSA) is 91.7 Å². The van der Waals surface area contributed by atoms with Crippen LogP contribution in [0.5, 0.6) is 0 Å². The van der Waals surface area contributed by atoms with E-state index in [0.29, 0.717) is 17.8 Å². The highest BCUT2D eigenvalue weighted by Crippen LogP contribution is 2.43. The smallest absolute Gasteiger partial charge is 0.258 e. The minimum atomic E-state index is -3.71. The highest BCUT2D eigenvalue weighted by molar-refractivity contribution is 8.05. The van der Waals surface area contributed by atoms with Crippen LogP contribution in [0.4, 0.5) is 0 Å². The molecule has 4 rings (SSSR count). The zero-order valence-electron chi connectivity index (χ0n) is 11.9. The van der Waals surface area contributed by atoms with Crippen molar-refractivity contribution >= 4 is 15.1 Å². The van der Waals surface area contributed by atoms with E-state index in [1.807, 2.05) is 0 Å². The van der Waals surface area contributed by atoms with Crippen LogP contribution >= 0.6 is 0 Å². The summed E-state index contributed by atoms with van der Waals surface area (Å²) in [6.45, 7) is 0.287. The predicted molar refractivity (Wildman–Crippen MR) is 81.6 cm³/mol. The minimum Gasteiger partial charge on any atom is -0.396 e. The molecule has 2 N–H and O–H groups in total. The quantitative estimate of drug-likeness (QED) is 0.791. The van der Waals surface area contributed by atoms with Crippen molar-refractivity contribution < 1.29 is 13.5 Å². The van der Waals surface area contributed by atoms with Gasteiger partial charge in [-0.05, 0) is 30.4 Å². The number of aliphatic hydroxyl groups excluding tert-OH is 1. The fourth-order valence-electron chi connectivity index (χ4n) is 3.80. The molecule has 7 heteroatoms. The lowest BCUT2D eigenvalue weighted by Gasteiger charge is -2.27. The second kappa shape index (κ2) is 4.97. The van der Waals surface area contributed by atoms with Crippen LogP contribution in [0.15, 0.2) is 35.5 Å². The molecule has 1 aliphatic heterocycles. The van der Waals surface area contributed by atoms with E-state index in [2.05, 4.69) is 26.9 Å². The summed E-state index contributed by atoms with van der Waals surface area (Å²) in [5.74, 6) is 0.370. The van der Waals surface area contributed by atoms with Crippen LogP contribution in [0.3, 0.4) is 0 Å². The number of sulfonamides is 1. The van der Waals surface area contributed by atoms with Crippen LogP contribution in [-0.2, 0) is 16.6 Å². The van der Waals surface area contributed by atoms with Gasteiger partial charge in [-0.2, -0.15) is 0 Å². The van der Waals surface area contributed by atoms with Gasteiger partial charge in [-0.25, -0.2) is 13.1 Å². The maximum atomic E-state index is 12.7. The standard InChI is InChI=1S/C15H17N3O3S/c19-8-12-9-3-4-10(6-9)14(12)18-22(20,21)15-11-2-1-5-16-13(11)7-17-15/h1-5,9-10,12,14,18-19H,6-8H2. The van der Waals surface area contributed by atoms with Gasteiger partial charge in [-0.1, -0.05) is 12.2 Å². The van der Waals surface area contributed by atoms with E-state index in [1.54, 1.807) is 18.3 Å². The van der Waals surface area contributed by atoms with E-state index in [0.717, 1.165) is 6.42 Å². The first kappa shape index (κ1) is 14.0. The SMILES string of the molecule is O=S(=O)(NC1C2C=CC(C2)C1CO)C1=NCc2ncccc21. The minimum absolute atomic E-state index is 0.0106. The molecule has 0 saturated heterocycles. The fourth-order valence-corrected chi connectivity index (χ4v) is 5.33. The van der Waals surface area contributed by atoms with E-state index < -0.39 is 10.0 Å². The van der Waals surface area contributed by atoms with E-state index in [4.69, 9.17) is 0 Å². The van der Waals surface area contributed by atoms with Gasteiger partial charge in [0.2, 0.25) is 0 Å². The van der Waals surface area contributed by atoms with Gasteiger partial charge in [0.05, 0.1) is 12.2 Å². The Hall–Kier alpha value is -1.57. The fraction of sp³-hybridized carbons (Fsp3) is 0.467. The summed E-state index contributed by atoms with van der Waals surface area (Å²) in [5.41, 5.74) is 1.27. The monoisotopic (exact) mass is 319 g/mol. The first-order chi connectivity index (χ1) is 10.6. The van der Waals surface area contributed by atoms with E-state index in [9.17, 15) is 13.5 Å². The molecule has 1 aromatic rings. The lowest BCUT2D eigenvalue weighted by atomic mass is 9.90. The van der Waals surface area contributed by atoms with Crippen molar-refractivity contribution in [1.82, 2.24) is 9.71 Å². The lowest BCUT2D eigenvalue weighted by molar-refractivity contribution is 0.187. The molecule has 0 radical (unpaired) electrons. The van der Waals surface area contributed by atoms with Gasteiger partial charge in [0, 0.05) is 30.3 Å². The Kier molecular flexibility index (Phi) is 3.18. The van der Waals surface area contributed by atoms with Crippen LogP contribution in [0, 0.1) is 17.8 Å². The molecule has 1 fully saturated rings. The molecule has 1 saturated carbocycles. The van der Waals surface area contributed by atoms with Crippen molar-refractivity contribution in [3.05, 3.63) is 41.7 Å². The third-order valence-corrected chi connectivity index (χ3v) is 6.31. The van der Waals surface area contributed by atoms with E-state index >= 15 is 0 Å². The molecule has 3 aliphatic rings. The number of hydrogen-bond donors (Lipinski definition) is 2. The summed E-state index contributed by atoms with van der Waals surface area (Å²) in [6, 6.07) is 3.19. The van der Waals surface area contributed by atoms with Gasteiger partial charge in [0.25, 0.3) is 10.0 Å². The van der Waals surface area contributed by atoms with Crippen molar-refractivity contribution in [3.63, 3.8) is 0 Å². The Bertz CT molecular complexity index is 772. The van der Waals surface area contributed by atoms with Gasteiger partial charge in [0.15, 0.2) is 5.04 Å². The van der Waals surface area contributed by atoms with Gasteiger partial charge in [0.1, 0.15) is 0 Å². The lowest BCUT2D eigenvalue weighted by Crippen LogP contribution is -2.46. The molecule has 4 atom stereocenters. The summed E-state index contributed by atoms with van der Waals surface area (Å²) >= 11 is 0. The van der Waals surface area contributed by atoms with Crippen LogP contribution in [0.1, 0.15) is 17.7 Å². The van der Waals surface area contributed by atoms with Crippen molar-refractivity contribution in [2.24, 2.45) is 22.7 Å². The maximum absolute atomic E-state index is 12.7. The number of rotatable bonds is 3. The zero-order chi connectivity index (χ0) is 15.3. The molecule has 0 amide bonds. The Morgan fingerprint density at radius 2 is 2.14 bits per heavy atom. The van der Waals surface area contributed by atoms with Crippen molar-refractivity contribution in [2.75, 3.05) is 6.61 Å². The van der Waals surface area contributed by atoms with E-state index in [1.165, 1.54) is 0 Å². The molecule has 2 heterocycles. The third-order valence-electron chi connectivity index (χ3n) is 4.87. The van der Waals surface area contributed by atoms with Gasteiger partial charge in [-0.3, -0.25) is 9.98 Å². The zero-order valence-corrected chi connectivity index (χ0v) is 12.7. The number of aromatic nitrogens is 1. The largest absolute Gasteiger partial charge is 0.396 e. The normalized spacial score (nSPS) is 32.3. The number of aliphatic hydroxyl groups is 1. The number of nitrogens with one attached hydrogen (secondary N) is 1. The highest BCUT2D eigenvalue weighted by atomic mass is 32.2. The van der Waals surface area contributed by atoms with Crippen LogP contribution in [0.2, 0.25) is 0 Å². The average molecular weight is 319 g/mol. The second-order valence-electron chi connectivity index (χ2n) is 6.06. The number of allylic oxidation sites excluding steroid dienone is 1. The Morgan fingerprint density at radius 1 is 1.32 bits per heavy atom. The van der Waals surface area contributed by atoms with Gasteiger partial charge < -0.3 is 5.11 Å². The molecular formula is C15H17N3O3S. The Balaban J connectivity index is 1.62. The summed E-state index contributed by atoms with van der Waals surface area (Å²) in [5, 5.41) is 9.64. The summed E-state index contributed by atoms with van der Waals surface area (Å²) in [7, 11) is -3.71. The molecule has 22 heavy (non-hydrogen) atoms. The highest BCUT2D eigenvalue weighted by Gasteiger charge is 2.46. The van der Waals surface area contributed by atoms with E-state index in [-0.39, 0.29) is 35.4 Å². The third kappa shape index (κ3) is 2.04. The second-order valence-corrected chi connectivity index (χ2v) is 7.69. The summed E-state index contributed by atoms with van der Waals surface area (Å²) in [6.07, 6.45) is 6.68. The average Bonchev–Trinajstić information content (AvgIpc) is 3.20. The van der Waals surface area contributed by atoms with Crippen LogP contribution in [0.25, 0.3) is 0 Å². The first-order valence-electron chi connectivity index (χ1n) is 7.40. The molecule has 116 valence electrons. The van der Waals surface area contributed by atoms with Gasteiger partial charge >= 0.3 is 0 Å². The molecule has 4 unspecified atom stereocenters. The summed E-state index contributed by atoms with van der Waals surface area (Å²) < 4.78 is 28.2.